The number of hydrogen-bond donors (Lipinski definition) is 2. The Hall–Kier alpha value is -1.97. The molecule has 0 unspecified atom stereocenters. The second-order valence-electron chi connectivity index (χ2n) is 4.21. The van der Waals surface area contributed by atoms with Gasteiger partial charge in [0.25, 0.3) is 0 Å². The molecule has 18 heavy (non-hydrogen) atoms. The number of nitrogens with zero attached hydrogens (tertiary/aromatic N) is 1. The van der Waals surface area contributed by atoms with Crippen molar-refractivity contribution in [2.75, 3.05) is 13.1 Å². The van der Waals surface area contributed by atoms with Gasteiger partial charge in [-0.2, -0.15) is 0 Å². The van der Waals surface area contributed by atoms with Crippen molar-refractivity contribution in [3.8, 4) is 0 Å². The number of carbonyl (C=O) groups is 1. The fourth-order valence-electron chi connectivity index (χ4n) is 2.01. The SMILES string of the molecule is CCNC(=O)NCCCn1ccc2ccccc21. The van der Waals surface area contributed by atoms with Crippen molar-refractivity contribution in [1.82, 2.24) is 15.2 Å². The first kappa shape index (κ1) is 12.5. The van der Waals surface area contributed by atoms with Gasteiger partial charge >= 0.3 is 6.03 Å². The van der Waals surface area contributed by atoms with Gasteiger partial charge in [-0.25, -0.2) is 4.79 Å². The first-order valence-corrected chi connectivity index (χ1v) is 6.37. The summed E-state index contributed by atoms with van der Waals surface area (Å²) in [4.78, 5) is 11.2. The summed E-state index contributed by atoms with van der Waals surface area (Å²) < 4.78 is 2.22. The first-order chi connectivity index (χ1) is 8.81. The number of fused-ring (bicyclic) bond motifs is 1. The third kappa shape index (κ3) is 3.03. The van der Waals surface area contributed by atoms with Crippen LogP contribution in [0.2, 0.25) is 0 Å². The average molecular weight is 245 g/mol. The van der Waals surface area contributed by atoms with E-state index in [0.717, 1.165) is 13.0 Å². The van der Waals surface area contributed by atoms with Crippen molar-refractivity contribution in [1.29, 1.82) is 0 Å². The maximum atomic E-state index is 11.2. The number of hydrogen-bond acceptors (Lipinski definition) is 1. The Morgan fingerprint density at radius 1 is 1.22 bits per heavy atom. The molecule has 1 aromatic heterocycles. The number of amides is 2. The molecular weight excluding hydrogens is 226 g/mol. The topological polar surface area (TPSA) is 46.1 Å². The Bertz CT molecular complexity index is 518. The third-order valence-corrected chi connectivity index (χ3v) is 2.88. The Kier molecular flexibility index (Phi) is 4.23. The van der Waals surface area contributed by atoms with Gasteiger partial charge in [0.15, 0.2) is 0 Å². The minimum atomic E-state index is -0.0881. The lowest BCUT2D eigenvalue weighted by Gasteiger charge is -2.07. The van der Waals surface area contributed by atoms with E-state index in [4.69, 9.17) is 0 Å². The lowest BCUT2D eigenvalue weighted by molar-refractivity contribution is 0.241. The van der Waals surface area contributed by atoms with Crippen molar-refractivity contribution >= 4 is 16.9 Å². The van der Waals surface area contributed by atoms with E-state index in [1.54, 1.807) is 0 Å². The predicted molar refractivity (Wildman–Crippen MR) is 73.6 cm³/mol. The van der Waals surface area contributed by atoms with Crippen molar-refractivity contribution in [2.45, 2.75) is 19.9 Å². The molecule has 2 aromatic rings. The van der Waals surface area contributed by atoms with E-state index in [9.17, 15) is 4.79 Å². The molecule has 1 aromatic carbocycles. The number of carbonyl (C=O) groups excluding carboxylic acids is 1. The average Bonchev–Trinajstić information content (AvgIpc) is 2.78. The summed E-state index contributed by atoms with van der Waals surface area (Å²) in [6, 6.07) is 10.3. The van der Waals surface area contributed by atoms with Crippen LogP contribution in [-0.2, 0) is 6.54 Å². The largest absolute Gasteiger partial charge is 0.347 e. The Labute approximate surface area is 107 Å². The molecule has 0 spiro atoms. The van der Waals surface area contributed by atoms with Crippen molar-refractivity contribution in [2.24, 2.45) is 0 Å². The third-order valence-electron chi connectivity index (χ3n) is 2.88. The van der Waals surface area contributed by atoms with Crippen molar-refractivity contribution in [3.05, 3.63) is 36.5 Å². The summed E-state index contributed by atoms with van der Waals surface area (Å²) in [5.41, 5.74) is 1.25. The molecule has 0 saturated heterocycles. The molecule has 0 atom stereocenters. The molecule has 0 fully saturated rings. The van der Waals surface area contributed by atoms with E-state index in [-0.39, 0.29) is 6.03 Å². The summed E-state index contributed by atoms with van der Waals surface area (Å²) in [5, 5.41) is 6.80. The fraction of sp³-hybridized carbons (Fsp3) is 0.357. The molecule has 0 saturated carbocycles. The number of aryl methyl sites for hydroxylation is 1. The van der Waals surface area contributed by atoms with Gasteiger partial charge in [-0.1, -0.05) is 18.2 Å². The van der Waals surface area contributed by atoms with Crippen LogP contribution in [-0.4, -0.2) is 23.7 Å². The molecule has 0 radical (unpaired) electrons. The number of aromatic nitrogens is 1. The molecular formula is C14H19N3O. The van der Waals surface area contributed by atoms with Crippen LogP contribution in [0.15, 0.2) is 36.5 Å². The van der Waals surface area contributed by atoms with Gasteiger partial charge in [0.05, 0.1) is 0 Å². The smallest absolute Gasteiger partial charge is 0.314 e. The molecule has 0 bridgehead atoms. The number of rotatable bonds is 5. The summed E-state index contributed by atoms with van der Waals surface area (Å²) in [5.74, 6) is 0. The second-order valence-corrected chi connectivity index (χ2v) is 4.21. The number of benzene rings is 1. The highest BCUT2D eigenvalue weighted by Crippen LogP contribution is 2.14. The highest BCUT2D eigenvalue weighted by molar-refractivity contribution is 5.79. The molecule has 0 aliphatic carbocycles. The van der Waals surface area contributed by atoms with E-state index >= 15 is 0 Å². The van der Waals surface area contributed by atoms with E-state index in [0.29, 0.717) is 13.1 Å². The number of urea groups is 1. The molecule has 4 heteroatoms. The standard InChI is InChI=1S/C14H19N3O/c1-2-15-14(18)16-9-5-10-17-11-8-12-6-3-4-7-13(12)17/h3-4,6-8,11H,2,5,9-10H2,1H3,(H2,15,16,18). The Morgan fingerprint density at radius 2 is 2.06 bits per heavy atom. The fourth-order valence-corrected chi connectivity index (χ4v) is 2.01. The molecule has 0 aliphatic rings. The Balaban J connectivity index is 1.82. The molecule has 0 aliphatic heterocycles. The maximum absolute atomic E-state index is 11.2. The molecule has 1 heterocycles. The predicted octanol–water partition coefficient (Wildman–Crippen LogP) is 2.35. The van der Waals surface area contributed by atoms with E-state index in [2.05, 4.69) is 39.6 Å². The van der Waals surface area contributed by atoms with Crippen LogP contribution in [0.1, 0.15) is 13.3 Å². The van der Waals surface area contributed by atoms with Gasteiger partial charge in [-0.15, -0.1) is 0 Å². The van der Waals surface area contributed by atoms with Gasteiger partial charge in [0.2, 0.25) is 0 Å². The van der Waals surface area contributed by atoms with Gasteiger partial charge in [-0.05, 0) is 30.9 Å². The summed E-state index contributed by atoms with van der Waals surface area (Å²) in [6.07, 6.45) is 3.02. The summed E-state index contributed by atoms with van der Waals surface area (Å²) >= 11 is 0. The lowest BCUT2D eigenvalue weighted by atomic mass is 10.2. The van der Waals surface area contributed by atoms with Gasteiger partial charge in [-0.3, -0.25) is 0 Å². The lowest BCUT2D eigenvalue weighted by Crippen LogP contribution is -2.35. The number of para-hydroxylation sites is 1. The molecule has 96 valence electrons. The van der Waals surface area contributed by atoms with E-state index < -0.39 is 0 Å². The normalized spacial score (nSPS) is 10.5. The van der Waals surface area contributed by atoms with Crippen LogP contribution in [0.5, 0.6) is 0 Å². The minimum Gasteiger partial charge on any atom is -0.347 e. The minimum absolute atomic E-state index is 0.0881. The van der Waals surface area contributed by atoms with Crippen LogP contribution in [0.4, 0.5) is 4.79 Å². The summed E-state index contributed by atoms with van der Waals surface area (Å²) in [6.45, 7) is 4.18. The van der Waals surface area contributed by atoms with Gasteiger partial charge < -0.3 is 15.2 Å². The molecule has 2 N–H and O–H groups in total. The zero-order valence-corrected chi connectivity index (χ0v) is 10.6. The van der Waals surface area contributed by atoms with E-state index in [1.165, 1.54) is 10.9 Å². The molecule has 2 amide bonds. The quantitative estimate of drug-likeness (QED) is 0.780. The first-order valence-electron chi connectivity index (χ1n) is 6.37. The van der Waals surface area contributed by atoms with Gasteiger partial charge in [0, 0.05) is 31.3 Å². The summed E-state index contributed by atoms with van der Waals surface area (Å²) in [7, 11) is 0. The Morgan fingerprint density at radius 3 is 2.89 bits per heavy atom. The zero-order chi connectivity index (χ0) is 12.8. The number of nitrogens with one attached hydrogen (secondary N) is 2. The van der Waals surface area contributed by atoms with Crippen LogP contribution in [0.3, 0.4) is 0 Å². The van der Waals surface area contributed by atoms with Gasteiger partial charge in [0.1, 0.15) is 0 Å². The van der Waals surface area contributed by atoms with Crippen LogP contribution in [0.25, 0.3) is 10.9 Å². The monoisotopic (exact) mass is 245 g/mol. The highest BCUT2D eigenvalue weighted by atomic mass is 16.2. The second kappa shape index (κ2) is 6.10. The van der Waals surface area contributed by atoms with Crippen LogP contribution < -0.4 is 10.6 Å². The van der Waals surface area contributed by atoms with Crippen molar-refractivity contribution in [3.63, 3.8) is 0 Å². The van der Waals surface area contributed by atoms with Crippen LogP contribution in [0, 0.1) is 0 Å². The molecule has 4 nitrogen and oxygen atoms in total. The van der Waals surface area contributed by atoms with Crippen molar-refractivity contribution < 1.29 is 4.79 Å². The van der Waals surface area contributed by atoms with Crippen LogP contribution >= 0.6 is 0 Å². The maximum Gasteiger partial charge on any atom is 0.314 e. The van der Waals surface area contributed by atoms with E-state index in [1.807, 2.05) is 19.1 Å². The highest BCUT2D eigenvalue weighted by Gasteiger charge is 2.00. The molecule has 2 rings (SSSR count). The zero-order valence-electron chi connectivity index (χ0n) is 10.6.